The number of hydrogen-bond donors (Lipinski definition) is 0. The Balaban J connectivity index is 2.94. The lowest BCUT2D eigenvalue weighted by atomic mass is 10.3. The Labute approximate surface area is 93.6 Å². The Hall–Kier alpha value is -0.250. The molecule has 0 spiro atoms. The number of fused-ring (bicyclic) bond motifs is 1. The molecule has 0 fully saturated rings. The monoisotopic (exact) mass is 278 g/mol. The van der Waals surface area contributed by atoms with Gasteiger partial charge in [0.2, 0.25) is 0 Å². The molecule has 2 nitrogen and oxygen atoms in total. The molecule has 68 valence electrons. The van der Waals surface area contributed by atoms with Crippen molar-refractivity contribution in [2.24, 2.45) is 0 Å². The molecule has 13 heavy (non-hydrogen) atoms. The van der Waals surface area contributed by atoms with Gasteiger partial charge in [-0.25, -0.2) is 4.52 Å². The molecule has 0 aliphatic carbocycles. The molecule has 0 unspecified atom stereocenters. The number of aryl methyl sites for hydroxylation is 1. The van der Waals surface area contributed by atoms with Gasteiger partial charge in [0.25, 0.3) is 0 Å². The zero-order valence-corrected chi connectivity index (χ0v) is 9.78. The van der Waals surface area contributed by atoms with Gasteiger partial charge in [-0.1, -0.05) is 23.2 Å². The number of hydrogen-bond acceptors (Lipinski definition) is 1. The van der Waals surface area contributed by atoms with Gasteiger partial charge >= 0.3 is 0 Å². The summed E-state index contributed by atoms with van der Waals surface area (Å²) >= 11 is 15.2. The largest absolute Gasteiger partial charge is 0.237 e. The summed E-state index contributed by atoms with van der Waals surface area (Å²) in [6.07, 6.45) is 1.84. The van der Waals surface area contributed by atoms with Gasteiger partial charge in [-0.05, 0) is 34.5 Å². The molecule has 5 heteroatoms. The zero-order valence-electron chi connectivity index (χ0n) is 6.68. The Morgan fingerprint density at radius 1 is 1.46 bits per heavy atom. The van der Waals surface area contributed by atoms with Crippen molar-refractivity contribution in [3.63, 3.8) is 0 Å². The molecule has 2 rings (SSSR count). The molecule has 0 amide bonds. The fraction of sp³-hybridized carbons (Fsp3) is 0.125. The molecule has 0 saturated carbocycles. The van der Waals surface area contributed by atoms with E-state index in [1.165, 1.54) is 0 Å². The predicted octanol–water partition coefficient (Wildman–Crippen LogP) is 3.71. The first kappa shape index (κ1) is 9.31. The first-order valence-electron chi connectivity index (χ1n) is 3.59. The molecule has 0 aliphatic rings. The average molecular weight is 280 g/mol. The van der Waals surface area contributed by atoms with Crippen LogP contribution in [-0.4, -0.2) is 9.61 Å². The van der Waals surface area contributed by atoms with Crippen LogP contribution in [0.4, 0.5) is 0 Å². The summed E-state index contributed by atoms with van der Waals surface area (Å²) < 4.78 is 2.65. The third kappa shape index (κ3) is 1.45. The molecule has 0 radical (unpaired) electrons. The summed E-state index contributed by atoms with van der Waals surface area (Å²) in [7, 11) is 0. The molecular formula is C8H5BrCl2N2. The van der Waals surface area contributed by atoms with Gasteiger partial charge in [0, 0.05) is 10.7 Å². The second kappa shape index (κ2) is 3.15. The Morgan fingerprint density at radius 3 is 2.85 bits per heavy atom. The van der Waals surface area contributed by atoms with Gasteiger partial charge in [-0.2, -0.15) is 5.10 Å². The first-order chi connectivity index (χ1) is 6.09. The summed E-state index contributed by atoms with van der Waals surface area (Å²) in [4.78, 5) is 0. The second-order valence-corrected chi connectivity index (χ2v) is 4.36. The minimum Gasteiger partial charge on any atom is -0.237 e. The van der Waals surface area contributed by atoms with Crippen molar-refractivity contribution in [1.29, 1.82) is 0 Å². The standard InChI is InChI=1S/C8H5BrCl2N2/c1-4-5(9)3-13-8(4)6(10)2-7(11)12-13/h2-3H,1H3. The van der Waals surface area contributed by atoms with Gasteiger partial charge < -0.3 is 0 Å². The van der Waals surface area contributed by atoms with E-state index < -0.39 is 0 Å². The number of aromatic nitrogens is 2. The first-order valence-corrected chi connectivity index (χ1v) is 5.14. The Morgan fingerprint density at radius 2 is 2.15 bits per heavy atom. The van der Waals surface area contributed by atoms with Crippen LogP contribution in [-0.2, 0) is 0 Å². The molecule has 0 saturated heterocycles. The van der Waals surface area contributed by atoms with E-state index in [1.807, 2.05) is 13.1 Å². The highest BCUT2D eigenvalue weighted by molar-refractivity contribution is 9.10. The molecule has 2 aromatic rings. The molecule has 0 bridgehead atoms. The molecule has 0 aromatic carbocycles. The van der Waals surface area contributed by atoms with Crippen LogP contribution in [0.15, 0.2) is 16.7 Å². The van der Waals surface area contributed by atoms with Crippen molar-refractivity contribution in [2.45, 2.75) is 6.92 Å². The predicted molar refractivity (Wildman–Crippen MR) is 57.6 cm³/mol. The molecule has 2 aromatic heterocycles. The summed E-state index contributed by atoms with van der Waals surface area (Å²) in [6.45, 7) is 1.97. The van der Waals surface area contributed by atoms with Gasteiger partial charge in [-0.3, -0.25) is 0 Å². The maximum Gasteiger partial charge on any atom is 0.151 e. The number of rotatable bonds is 0. The van der Waals surface area contributed by atoms with Crippen LogP contribution in [0.1, 0.15) is 5.56 Å². The van der Waals surface area contributed by atoms with Crippen molar-refractivity contribution in [3.05, 3.63) is 32.5 Å². The van der Waals surface area contributed by atoms with E-state index in [0.29, 0.717) is 10.2 Å². The van der Waals surface area contributed by atoms with E-state index in [4.69, 9.17) is 23.2 Å². The lowest BCUT2D eigenvalue weighted by molar-refractivity contribution is 0.939. The maximum atomic E-state index is 6.01. The number of halogens is 3. The second-order valence-electron chi connectivity index (χ2n) is 2.71. The minimum absolute atomic E-state index is 0.389. The summed E-state index contributed by atoms with van der Waals surface area (Å²) in [5, 5.41) is 5.09. The van der Waals surface area contributed by atoms with Crippen molar-refractivity contribution in [1.82, 2.24) is 9.61 Å². The van der Waals surface area contributed by atoms with E-state index in [0.717, 1.165) is 15.6 Å². The molecule has 2 heterocycles. The minimum atomic E-state index is 0.389. The highest BCUT2D eigenvalue weighted by Crippen LogP contribution is 2.28. The lowest BCUT2D eigenvalue weighted by Crippen LogP contribution is -1.90. The van der Waals surface area contributed by atoms with E-state index in [1.54, 1.807) is 10.6 Å². The molecule has 0 atom stereocenters. The Bertz CT molecular complexity index is 478. The third-order valence-corrected chi connectivity index (χ3v) is 3.13. The van der Waals surface area contributed by atoms with Crippen LogP contribution in [0.2, 0.25) is 10.2 Å². The van der Waals surface area contributed by atoms with Crippen LogP contribution in [0.5, 0.6) is 0 Å². The van der Waals surface area contributed by atoms with Gasteiger partial charge in [0.05, 0.1) is 10.5 Å². The van der Waals surface area contributed by atoms with Crippen molar-refractivity contribution < 1.29 is 0 Å². The van der Waals surface area contributed by atoms with Crippen molar-refractivity contribution in [2.75, 3.05) is 0 Å². The van der Waals surface area contributed by atoms with Gasteiger partial charge in [0.15, 0.2) is 5.15 Å². The fourth-order valence-corrected chi connectivity index (χ4v) is 2.19. The summed E-state index contributed by atoms with van der Waals surface area (Å²) in [5.74, 6) is 0. The quantitative estimate of drug-likeness (QED) is 0.719. The van der Waals surface area contributed by atoms with E-state index in [-0.39, 0.29) is 0 Å². The normalized spacial score (nSPS) is 11.1. The van der Waals surface area contributed by atoms with E-state index >= 15 is 0 Å². The highest BCUT2D eigenvalue weighted by Gasteiger charge is 2.09. The number of nitrogens with zero attached hydrogens (tertiary/aromatic N) is 2. The van der Waals surface area contributed by atoms with Crippen LogP contribution in [0, 0.1) is 6.92 Å². The smallest absolute Gasteiger partial charge is 0.151 e. The Kier molecular flexibility index (Phi) is 2.26. The topological polar surface area (TPSA) is 17.3 Å². The van der Waals surface area contributed by atoms with Gasteiger partial charge in [-0.15, -0.1) is 0 Å². The average Bonchev–Trinajstić information content (AvgIpc) is 2.27. The zero-order chi connectivity index (χ0) is 9.59. The van der Waals surface area contributed by atoms with Crippen molar-refractivity contribution >= 4 is 44.6 Å². The molecule has 0 aliphatic heterocycles. The van der Waals surface area contributed by atoms with Crippen molar-refractivity contribution in [3.8, 4) is 0 Å². The fourth-order valence-electron chi connectivity index (χ4n) is 1.23. The maximum absolute atomic E-state index is 6.01. The van der Waals surface area contributed by atoms with Crippen LogP contribution in [0.3, 0.4) is 0 Å². The van der Waals surface area contributed by atoms with E-state index in [9.17, 15) is 0 Å². The summed E-state index contributed by atoms with van der Waals surface area (Å²) in [5.41, 5.74) is 1.95. The third-order valence-electron chi connectivity index (χ3n) is 1.85. The molecule has 0 N–H and O–H groups in total. The van der Waals surface area contributed by atoms with Crippen LogP contribution in [0.25, 0.3) is 5.52 Å². The van der Waals surface area contributed by atoms with Crippen LogP contribution < -0.4 is 0 Å². The molecular weight excluding hydrogens is 275 g/mol. The highest BCUT2D eigenvalue weighted by atomic mass is 79.9. The van der Waals surface area contributed by atoms with Gasteiger partial charge in [0.1, 0.15) is 0 Å². The summed E-state index contributed by atoms with van der Waals surface area (Å²) in [6, 6.07) is 1.64. The van der Waals surface area contributed by atoms with E-state index in [2.05, 4.69) is 21.0 Å². The lowest BCUT2D eigenvalue weighted by Gasteiger charge is -1.98. The van der Waals surface area contributed by atoms with Crippen LogP contribution >= 0.6 is 39.1 Å². The SMILES string of the molecule is Cc1c(Br)cn2nc(Cl)cc(Cl)c12.